The monoisotopic (exact) mass is 640 g/mol. The molecule has 0 amide bonds. The molecule has 5 rings (SSSR count). The van der Waals surface area contributed by atoms with E-state index < -0.39 is 76.2 Å². The summed E-state index contributed by atoms with van der Waals surface area (Å²) >= 11 is 0. The Bertz CT molecular complexity index is 1560. The van der Waals surface area contributed by atoms with E-state index in [2.05, 4.69) is 4.98 Å². The maximum absolute atomic E-state index is 13.6. The van der Waals surface area contributed by atoms with Gasteiger partial charge in [-0.2, -0.15) is 0 Å². The molecule has 2 aromatic rings. The summed E-state index contributed by atoms with van der Waals surface area (Å²) in [6.07, 6.45) is -0.353. The van der Waals surface area contributed by atoms with Gasteiger partial charge < -0.3 is 34.2 Å². The van der Waals surface area contributed by atoms with Gasteiger partial charge in [0.15, 0.2) is 5.76 Å². The summed E-state index contributed by atoms with van der Waals surface area (Å²) in [6.45, 7) is 11.8. The van der Waals surface area contributed by atoms with E-state index in [1.54, 1.807) is 31.3 Å². The minimum Gasteiger partial charge on any atom is -0.482 e. The smallest absolute Gasteiger partial charge is 0.345 e. The summed E-state index contributed by atoms with van der Waals surface area (Å²) in [6, 6.07) is 5.77. The Hall–Kier alpha value is -3.77. The minimum atomic E-state index is -1.39. The summed E-state index contributed by atoms with van der Waals surface area (Å²) in [5.41, 5.74) is 2.73. The van der Waals surface area contributed by atoms with Gasteiger partial charge in [0.05, 0.1) is 6.10 Å². The van der Waals surface area contributed by atoms with Crippen molar-refractivity contribution in [3.8, 4) is 17.2 Å². The normalized spacial score (nSPS) is 33.8. The Morgan fingerprint density at radius 2 is 1.83 bits per heavy atom. The average molecular weight is 641 g/mol. The van der Waals surface area contributed by atoms with Crippen molar-refractivity contribution in [2.75, 3.05) is 6.61 Å². The molecular weight excluding hydrogens is 596 g/mol. The number of esters is 3. The van der Waals surface area contributed by atoms with E-state index in [0.717, 1.165) is 0 Å². The lowest BCUT2D eigenvalue weighted by molar-refractivity contribution is -0.271. The molecule has 1 aliphatic heterocycles. The van der Waals surface area contributed by atoms with Crippen molar-refractivity contribution in [1.29, 1.82) is 0 Å². The molecule has 3 heterocycles. The Balaban J connectivity index is 1.68. The molecule has 0 saturated heterocycles. The van der Waals surface area contributed by atoms with Crippen LogP contribution in [0.5, 0.6) is 5.75 Å². The third-order valence-corrected chi connectivity index (χ3v) is 10.6. The van der Waals surface area contributed by atoms with Crippen molar-refractivity contribution in [2.24, 2.45) is 34.3 Å². The molecule has 3 aliphatic rings. The number of hydrogen-bond donors (Lipinski definition) is 2. The third kappa shape index (κ3) is 5.59. The Morgan fingerprint density at radius 1 is 1.11 bits per heavy atom. The summed E-state index contributed by atoms with van der Waals surface area (Å²) in [5.74, 6) is -2.82. The first-order valence-corrected chi connectivity index (χ1v) is 15.8. The van der Waals surface area contributed by atoms with Crippen molar-refractivity contribution in [3.05, 3.63) is 46.4 Å². The van der Waals surface area contributed by atoms with Crippen LogP contribution in [0.2, 0.25) is 0 Å². The minimum absolute atomic E-state index is 0.0446. The van der Waals surface area contributed by atoms with Gasteiger partial charge in [-0.3, -0.25) is 19.4 Å². The van der Waals surface area contributed by atoms with Gasteiger partial charge in [0.1, 0.15) is 47.5 Å². The van der Waals surface area contributed by atoms with E-state index >= 15 is 0 Å². The number of pyridine rings is 1. The molecule has 2 aliphatic carbocycles. The van der Waals surface area contributed by atoms with Gasteiger partial charge in [-0.05, 0) is 55.6 Å². The van der Waals surface area contributed by atoms with Gasteiger partial charge in [0.25, 0.3) is 0 Å². The fourth-order valence-electron chi connectivity index (χ4n) is 8.31. The SMILES string of the molecule is CC(=O)OC[C@@]1(C)C2C[C@H](OC(=O)C(N)C(C)C)[C@@]3(C)Oc4cc(-c5ccccn5)oc(=O)c4C(O)C3[C@@]2(C)CC[C@@H]1OC(C)=O. The predicted molar refractivity (Wildman–Crippen MR) is 164 cm³/mol. The largest absolute Gasteiger partial charge is 0.482 e. The van der Waals surface area contributed by atoms with Gasteiger partial charge in [0, 0.05) is 37.4 Å². The Kier molecular flexibility index (Phi) is 8.84. The lowest BCUT2D eigenvalue weighted by Crippen LogP contribution is -2.71. The number of aliphatic hydroxyl groups is 1. The van der Waals surface area contributed by atoms with Crippen molar-refractivity contribution in [3.63, 3.8) is 0 Å². The van der Waals surface area contributed by atoms with Crippen molar-refractivity contribution in [2.45, 2.75) is 97.7 Å². The number of aliphatic hydroxyl groups excluding tert-OH is 1. The van der Waals surface area contributed by atoms with Crippen LogP contribution < -0.4 is 16.1 Å². The number of carbonyl (C=O) groups is 3. The summed E-state index contributed by atoms with van der Waals surface area (Å²) in [4.78, 5) is 55.6. The molecule has 4 unspecified atom stereocenters. The molecule has 0 spiro atoms. The van der Waals surface area contributed by atoms with Crippen molar-refractivity contribution in [1.82, 2.24) is 4.98 Å². The van der Waals surface area contributed by atoms with Crippen LogP contribution in [0.15, 0.2) is 39.7 Å². The fraction of sp³-hybridized carbons (Fsp3) is 0.618. The van der Waals surface area contributed by atoms with Crippen LogP contribution >= 0.6 is 0 Å². The summed E-state index contributed by atoms with van der Waals surface area (Å²) in [7, 11) is 0. The highest BCUT2D eigenvalue weighted by Crippen LogP contribution is 2.67. The third-order valence-electron chi connectivity index (χ3n) is 10.6. The zero-order valence-corrected chi connectivity index (χ0v) is 27.4. The quantitative estimate of drug-likeness (QED) is 0.332. The number of carbonyl (C=O) groups excluding carboxylic acids is 3. The second kappa shape index (κ2) is 12.1. The number of hydrogen-bond acceptors (Lipinski definition) is 12. The van der Waals surface area contributed by atoms with Gasteiger partial charge in [0.2, 0.25) is 0 Å². The maximum atomic E-state index is 13.6. The van der Waals surface area contributed by atoms with E-state index in [-0.39, 0.29) is 36.0 Å². The van der Waals surface area contributed by atoms with E-state index in [4.69, 9.17) is 29.1 Å². The lowest BCUT2D eigenvalue weighted by atomic mass is 9.42. The predicted octanol–water partition coefficient (Wildman–Crippen LogP) is 3.72. The van der Waals surface area contributed by atoms with Crippen LogP contribution in [0.3, 0.4) is 0 Å². The zero-order valence-electron chi connectivity index (χ0n) is 27.4. The topological polar surface area (TPSA) is 177 Å². The Morgan fingerprint density at radius 3 is 2.43 bits per heavy atom. The molecule has 12 heteroatoms. The molecule has 0 aromatic carbocycles. The molecular formula is C34H44N2O10. The summed E-state index contributed by atoms with van der Waals surface area (Å²) in [5, 5.41) is 12.2. The van der Waals surface area contributed by atoms with Crippen LogP contribution in [-0.2, 0) is 28.6 Å². The molecule has 9 atom stereocenters. The van der Waals surface area contributed by atoms with Crippen LogP contribution in [0, 0.1) is 28.6 Å². The van der Waals surface area contributed by atoms with E-state index in [0.29, 0.717) is 18.5 Å². The maximum Gasteiger partial charge on any atom is 0.345 e. The molecule has 2 fully saturated rings. The van der Waals surface area contributed by atoms with Crippen LogP contribution in [0.4, 0.5) is 0 Å². The number of fused-ring (bicyclic) bond motifs is 4. The molecule has 46 heavy (non-hydrogen) atoms. The first kappa shape index (κ1) is 33.6. The van der Waals surface area contributed by atoms with Crippen molar-refractivity contribution >= 4 is 17.9 Å². The molecule has 2 aromatic heterocycles. The van der Waals surface area contributed by atoms with E-state index in [1.165, 1.54) is 19.9 Å². The first-order chi connectivity index (χ1) is 21.5. The number of nitrogens with zero attached hydrogens (tertiary/aromatic N) is 1. The average Bonchev–Trinajstić information content (AvgIpc) is 2.98. The molecule has 2 saturated carbocycles. The van der Waals surface area contributed by atoms with E-state index in [1.807, 2.05) is 27.7 Å². The van der Waals surface area contributed by atoms with Gasteiger partial charge in [-0.25, -0.2) is 4.79 Å². The second-order valence-electron chi connectivity index (χ2n) is 14.0. The molecule has 3 N–H and O–H groups in total. The van der Waals surface area contributed by atoms with Crippen LogP contribution in [-0.4, -0.2) is 58.5 Å². The van der Waals surface area contributed by atoms with Crippen LogP contribution in [0.25, 0.3) is 11.5 Å². The van der Waals surface area contributed by atoms with Gasteiger partial charge in [-0.15, -0.1) is 0 Å². The van der Waals surface area contributed by atoms with Crippen molar-refractivity contribution < 1.29 is 42.9 Å². The second-order valence-corrected chi connectivity index (χ2v) is 14.0. The molecule has 0 radical (unpaired) electrons. The van der Waals surface area contributed by atoms with E-state index in [9.17, 15) is 24.3 Å². The summed E-state index contributed by atoms with van der Waals surface area (Å²) < 4.78 is 30.0. The molecule has 0 bridgehead atoms. The lowest BCUT2D eigenvalue weighted by Gasteiger charge is -2.66. The highest BCUT2D eigenvalue weighted by molar-refractivity contribution is 5.76. The first-order valence-electron chi connectivity index (χ1n) is 15.8. The van der Waals surface area contributed by atoms with Gasteiger partial charge >= 0.3 is 23.5 Å². The molecule has 250 valence electrons. The number of rotatable bonds is 7. The molecule has 12 nitrogen and oxygen atoms in total. The standard InChI is InChI=1S/C34H44N2O10/c1-17(2)27(35)31(41)45-25-15-23-32(5,12-11-24(43-19(4)38)33(23,6)16-42-18(3)37)29-28(39)26-22(46-34(25,29)7)14-21(44-30(26)40)20-10-8-9-13-36-20/h8-10,13-14,17,23-25,27-29,39H,11-12,15-16,35H2,1-7H3/t23?,24-,25-,27?,28?,29?,32-,33-,34+/m0/s1. The highest BCUT2D eigenvalue weighted by atomic mass is 16.6. The fourth-order valence-corrected chi connectivity index (χ4v) is 8.31. The van der Waals surface area contributed by atoms with Gasteiger partial charge in [-0.1, -0.05) is 33.8 Å². The zero-order chi connectivity index (χ0) is 33.8. The number of ether oxygens (including phenoxy) is 4. The van der Waals surface area contributed by atoms with Crippen LogP contribution in [0.1, 0.15) is 79.4 Å². The number of aromatic nitrogens is 1. The highest BCUT2D eigenvalue weighted by Gasteiger charge is 2.71. The Labute approximate surface area is 267 Å². The number of nitrogens with two attached hydrogens (primary N) is 1.